The first-order valence-corrected chi connectivity index (χ1v) is 3.90. The van der Waals surface area contributed by atoms with E-state index in [1.807, 2.05) is 10.9 Å². The van der Waals surface area contributed by atoms with Crippen LogP contribution in [0.1, 0.15) is 31.1 Å². The van der Waals surface area contributed by atoms with Gasteiger partial charge in [0, 0.05) is 23.8 Å². The van der Waals surface area contributed by atoms with E-state index in [4.69, 9.17) is 5.73 Å². The molecule has 0 atom stereocenters. The summed E-state index contributed by atoms with van der Waals surface area (Å²) in [5.41, 5.74) is 7.83. The molecule has 0 aromatic carbocycles. The van der Waals surface area contributed by atoms with Crippen LogP contribution in [0.5, 0.6) is 0 Å². The van der Waals surface area contributed by atoms with Crippen LogP contribution < -0.4 is 5.73 Å². The summed E-state index contributed by atoms with van der Waals surface area (Å²) >= 11 is 0. The van der Waals surface area contributed by atoms with Gasteiger partial charge >= 0.3 is 0 Å². The van der Waals surface area contributed by atoms with Crippen LogP contribution in [-0.2, 0) is 6.54 Å². The molecule has 0 radical (unpaired) electrons. The summed E-state index contributed by atoms with van der Waals surface area (Å²) in [6.07, 6.45) is 1.84. The lowest BCUT2D eigenvalue weighted by Crippen LogP contribution is -2.06. The summed E-state index contributed by atoms with van der Waals surface area (Å²) in [6, 6.07) is 0.426. The lowest BCUT2D eigenvalue weighted by molar-refractivity contribution is 0.518. The molecule has 0 fully saturated rings. The molecule has 0 amide bonds. The van der Waals surface area contributed by atoms with Crippen molar-refractivity contribution in [1.29, 1.82) is 0 Å². The quantitative estimate of drug-likeness (QED) is 0.694. The van der Waals surface area contributed by atoms with E-state index in [1.54, 1.807) is 0 Å². The molecule has 0 saturated heterocycles. The van der Waals surface area contributed by atoms with E-state index in [1.165, 1.54) is 5.69 Å². The second-order valence-corrected chi connectivity index (χ2v) is 3.00. The molecule has 3 heteroatoms. The Hall–Kier alpha value is -0.830. The second kappa shape index (κ2) is 3.05. The number of hydrogen-bond acceptors (Lipinski definition) is 2. The Morgan fingerprint density at radius 3 is 2.55 bits per heavy atom. The molecular formula is C8H15N3. The van der Waals surface area contributed by atoms with Gasteiger partial charge in [0.15, 0.2) is 0 Å². The molecule has 0 aliphatic rings. The van der Waals surface area contributed by atoms with Crippen molar-refractivity contribution in [3.8, 4) is 0 Å². The third kappa shape index (κ3) is 1.43. The maximum absolute atomic E-state index is 5.51. The van der Waals surface area contributed by atoms with E-state index in [0.29, 0.717) is 12.6 Å². The van der Waals surface area contributed by atoms with Crippen molar-refractivity contribution in [1.82, 2.24) is 9.78 Å². The van der Waals surface area contributed by atoms with Crippen LogP contribution in [0.3, 0.4) is 0 Å². The average molecular weight is 153 g/mol. The normalized spacial score (nSPS) is 11.0. The van der Waals surface area contributed by atoms with Crippen LogP contribution in [-0.4, -0.2) is 9.78 Å². The first kappa shape index (κ1) is 8.27. The van der Waals surface area contributed by atoms with Crippen molar-refractivity contribution in [2.75, 3.05) is 0 Å². The Morgan fingerprint density at radius 1 is 1.64 bits per heavy atom. The van der Waals surface area contributed by atoms with Gasteiger partial charge in [-0.05, 0) is 20.8 Å². The standard InChI is InChI=1S/C8H15N3/c1-6(2)11-7(3)8(4-9)5-10-11/h5-6H,4,9H2,1-3H3. The number of aromatic nitrogens is 2. The molecule has 1 aromatic heterocycles. The number of rotatable bonds is 2. The molecule has 11 heavy (non-hydrogen) atoms. The lowest BCUT2D eigenvalue weighted by Gasteiger charge is -2.07. The highest BCUT2D eigenvalue weighted by Crippen LogP contribution is 2.11. The Kier molecular flexibility index (Phi) is 2.29. The van der Waals surface area contributed by atoms with Crippen LogP contribution in [0, 0.1) is 6.92 Å². The summed E-state index contributed by atoms with van der Waals surface area (Å²) in [5.74, 6) is 0. The van der Waals surface area contributed by atoms with E-state index in [-0.39, 0.29) is 0 Å². The van der Waals surface area contributed by atoms with E-state index < -0.39 is 0 Å². The van der Waals surface area contributed by atoms with E-state index in [9.17, 15) is 0 Å². The maximum Gasteiger partial charge on any atom is 0.0537 e. The first-order valence-electron chi connectivity index (χ1n) is 3.90. The number of hydrogen-bond donors (Lipinski definition) is 1. The van der Waals surface area contributed by atoms with Crippen LogP contribution >= 0.6 is 0 Å². The molecule has 0 bridgehead atoms. The minimum absolute atomic E-state index is 0.426. The summed E-state index contributed by atoms with van der Waals surface area (Å²) in [6.45, 7) is 6.86. The number of nitrogens with two attached hydrogens (primary N) is 1. The Labute approximate surface area is 67.2 Å². The van der Waals surface area contributed by atoms with Crippen LogP contribution in [0.4, 0.5) is 0 Å². The zero-order valence-corrected chi connectivity index (χ0v) is 7.33. The molecule has 2 N–H and O–H groups in total. The molecule has 62 valence electrons. The predicted octanol–water partition coefficient (Wildman–Crippen LogP) is 1.23. The summed E-state index contributed by atoms with van der Waals surface area (Å²) in [5, 5.41) is 4.22. The van der Waals surface area contributed by atoms with Crippen molar-refractivity contribution in [3.63, 3.8) is 0 Å². The molecular weight excluding hydrogens is 138 g/mol. The van der Waals surface area contributed by atoms with Crippen molar-refractivity contribution < 1.29 is 0 Å². The zero-order valence-electron chi connectivity index (χ0n) is 7.33. The van der Waals surface area contributed by atoms with Crippen molar-refractivity contribution >= 4 is 0 Å². The van der Waals surface area contributed by atoms with E-state index >= 15 is 0 Å². The van der Waals surface area contributed by atoms with Crippen molar-refractivity contribution in [3.05, 3.63) is 17.5 Å². The van der Waals surface area contributed by atoms with Crippen molar-refractivity contribution in [2.24, 2.45) is 5.73 Å². The summed E-state index contributed by atoms with van der Waals surface area (Å²) in [4.78, 5) is 0. The van der Waals surface area contributed by atoms with Gasteiger partial charge < -0.3 is 5.73 Å². The van der Waals surface area contributed by atoms with Gasteiger partial charge in [-0.1, -0.05) is 0 Å². The largest absolute Gasteiger partial charge is 0.326 e. The SMILES string of the molecule is Cc1c(CN)cnn1C(C)C. The highest BCUT2D eigenvalue weighted by Gasteiger charge is 2.06. The highest BCUT2D eigenvalue weighted by atomic mass is 15.3. The van der Waals surface area contributed by atoms with Gasteiger partial charge in [0.2, 0.25) is 0 Å². The molecule has 3 nitrogen and oxygen atoms in total. The van der Waals surface area contributed by atoms with Crippen LogP contribution in [0.25, 0.3) is 0 Å². The maximum atomic E-state index is 5.51. The molecule has 0 aliphatic heterocycles. The Morgan fingerprint density at radius 2 is 2.27 bits per heavy atom. The predicted molar refractivity (Wildman–Crippen MR) is 45.2 cm³/mol. The molecule has 0 aliphatic carbocycles. The van der Waals surface area contributed by atoms with Gasteiger partial charge in [-0.15, -0.1) is 0 Å². The van der Waals surface area contributed by atoms with Gasteiger partial charge in [-0.3, -0.25) is 4.68 Å². The molecule has 1 aromatic rings. The fourth-order valence-corrected chi connectivity index (χ4v) is 1.18. The average Bonchev–Trinajstić information content (AvgIpc) is 2.30. The van der Waals surface area contributed by atoms with Crippen LogP contribution in [0.2, 0.25) is 0 Å². The third-order valence-corrected chi connectivity index (χ3v) is 1.86. The van der Waals surface area contributed by atoms with E-state index in [2.05, 4.69) is 25.9 Å². The fraction of sp³-hybridized carbons (Fsp3) is 0.625. The van der Waals surface area contributed by atoms with Gasteiger partial charge in [0.25, 0.3) is 0 Å². The molecule has 0 spiro atoms. The Balaban J connectivity index is 3.00. The summed E-state index contributed by atoms with van der Waals surface area (Å²) in [7, 11) is 0. The molecule has 1 heterocycles. The number of nitrogens with zero attached hydrogens (tertiary/aromatic N) is 2. The second-order valence-electron chi connectivity index (χ2n) is 3.00. The van der Waals surface area contributed by atoms with Gasteiger partial charge in [-0.2, -0.15) is 5.10 Å². The summed E-state index contributed by atoms with van der Waals surface area (Å²) < 4.78 is 1.99. The third-order valence-electron chi connectivity index (χ3n) is 1.86. The van der Waals surface area contributed by atoms with E-state index in [0.717, 1.165) is 5.56 Å². The van der Waals surface area contributed by atoms with Crippen LogP contribution in [0.15, 0.2) is 6.20 Å². The Bertz CT molecular complexity index is 237. The fourth-order valence-electron chi connectivity index (χ4n) is 1.18. The smallest absolute Gasteiger partial charge is 0.0537 e. The van der Waals surface area contributed by atoms with Gasteiger partial charge in [0.05, 0.1) is 6.20 Å². The minimum atomic E-state index is 0.426. The molecule has 1 rings (SSSR count). The van der Waals surface area contributed by atoms with Crippen molar-refractivity contribution in [2.45, 2.75) is 33.4 Å². The highest BCUT2D eigenvalue weighted by molar-refractivity contribution is 5.15. The zero-order chi connectivity index (χ0) is 8.43. The lowest BCUT2D eigenvalue weighted by atomic mass is 10.2. The monoisotopic (exact) mass is 153 g/mol. The first-order chi connectivity index (χ1) is 5.16. The molecule has 0 saturated carbocycles. The topological polar surface area (TPSA) is 43.8 Å². The van der Waals surface area contributed by atoms with Gasteiger partial charge in [-0.25, -0.2) is 0 Å². The molecule has 0 unspecified atom stereocenters. The minimum Gasteiger partial charge on any atom is -0.326 e. The van der Waals surface area contributed by atoms with Gasteiger partial charge in [0.1, 0.15) is 0 Å².